The van der Waals surface area contributed by atoms with Crippen molar-refractivity contribution in [3.63, 3.8) is 0 Å². The molecule has 0 spiro atoms. The molecule has 1 aromatic carbocycles. The highest BCUT2D eigenvalue weighted by Crippen LogP contribution is 2.36. The molecule has 34 heavy (non-hydrogen) atoms. The van der Waals surface area contributed by atoms with Crippen molar-refractivity contribution in [3.8, 4) is 11.8 Å². The molecule has 0 bridgehead atoms. The molecule has 0 unspecified atom stereocenters. The quantitative estimate of drug-likeness (QED) is 0.351. The molecule has 1 heterocycles. The van der Waals surface area contributed by atoms with E-state index in [-0.39, 0.29) is 26.2 Å². The van der Waals surface area contributed by atoms with Crippen LogP contribution in [0.2, 0.25) is 0 Å². The van der Waals surface area contributed by atoms with Gasteiger partial charge >= 0.3 is 18.4 Å². The first-order chi connectivity index (χ1) is 15.6. The van der Waals surface area contributed by atoms with Gasteiger partial charge < -0.3 is 14.4 Å². The van der Waals surface area contributed by atoms with E-state index in [4.69, 9.17) is 4.74 Å². The minimum absolute atomic E-state index is 0.103. The lowest BCUT2D eigenvalue weighted by Gasteiger charge is -2.35. The third-order valence-corrected chi connectivity index (χ3v) is 4.94. The number of benzene rings is 1. The fraction of sp³-hybridized carbons (Fsp3) is 0.545. The Morgan fingerprint density at radius 1 is 1.09 bits per heavy atom. The lowest BCUT2D eigenvalue weighted by atomic mass is 10.0. The molecule has 1 amide bonds. The first kappa shape index (κ1) is 27.3. The van der Waals surface area contributed by atoms with E-state index in [0.717, 1.165) is 16.0 Å². The Hall–Kier alpha value is -2.94. The van der Waals surface area contributed by atoms with Crippen molar-refractivity contribution >= 4 is 12.6 Å². The van der Waals surface area contributed by atoms with Crippen molar-refractivity contribution < 1.29 is 45.4 Å². The molecular weight excluding hydrogens is 470 g/mol. The summed E-state index contributed by atoms with van der Waals surface area (Å²) in [5.74, 6) is 5.86. The molecule has 0 aromatic heterocycles. The van der Waals surface area contributed by atoms with Crippen molar-refractivity contribution in [2.75, 3.05) is 26.2 Å². The summed E-state index contributed by atoms with van der Waals surface area (Å²) >= 11 is 0. The maximum atomic E-state index is 12.6. The molecule has 2 rings (SSSR count). The number of nitrogens with zero attached hydrogens (tertiary/aromatic N) is 2. The number of ether oxygens (including phenoxy) is 2. The van der Waals surface area contributed by atoms with Crippen LogP contribution >= 0.6 is 0 Å². The zero-order chi connectivity index (χ0) is 25.7. The van der Waals surface area contributed by atoms with Crippen molar-refractivity contribution in [1.29, 1.82) is 0 Å². The number of piperazine rings is 1. The lowest BCUT2D eigenvalue weighted by molar-refractivity contribution is -0.308. The van der Waals surface area contributed by atoms with E-state index in [1.807, 2.05) is 30.0 Å². The van der Waals surface area contributed by atoms with Gasteiger partial charge in [0.25, 0.3) is 12.6 Å². The van der Waals surface area contributed by atoms with Gasteiger partial charge in [0.2, 0.25) is 0 Å². The highest BCUT2D eigenvalue weighted by molar-refractivity contribution is 5.68. The minimum atomic E-state index is -5.76. The predicted octanol–water partition coefficient (Wildman–Crippen LogP) is 4.05. The Morgan fingerprint density at radius 2 is 1.68 bits per heavy atom. The van der Waals surface area contributed by atoms with Crippen LogP contribution in [-0.4, -0.2) is 72.6 Å². The van der Waals surface area contributed by atoms with Crippen LogP contribution in [0.5, 0.6) is 0 Å². The third-order valence-electron chi connectivity index (χ3n) is 4.94. The van der Waals surface area contributed by atoms with E-state index >= 15 is 0 Å². The standard InChI is InChI=1S/C22H24F6N2O4/c1-15-4-5-17(16(12-15)6-7-20(2,3)33-14-31)13-29-8-10-30(11-9-29)19(32)34-18(21(23,24)25)22(26,27)28/h4-5,12,14,18H,8-11,13H2,1-3H3. The lowest BCUT2D eigenvalue weighted by Crippen LogP contribution is -2.52. The average Bonchev–Trinajstić information content (AvgIpc) is 2.71. The Balaban J connectivity index is 2.04. The van der Waals surface area contributed by atoms with Crippen molar-refractivity contribution in [1.82, 2.24) is 9.80 Å². The van der Waals surface area contributed by atoms with E-state index in [2.05, 4.69) is 16.6 Å². The van der Waals surface area contributed by atoms with Gasteiger partial charge in [0.1, 0.15) is 0 Å². The summed E-state index contributed by atoms with van der Waals surface area (Å²) in [7, 11) is 0. The number of amides is 1. The smallest absolute Gasteiger partial charge is 0.434 e. The van der Waals surface area contributed by atoms with Crippen molar-refractivity contribution in [2.24, 2.45) is 0 Å². The summed E-state index contributed by atoms with van der Waals surface area (Å²) < 4.78 is 84.5. The highest BCUT2D eigenvalue weighted by atomic mass is 19.4. The number of alkyl halides is 6. The highest BCUT2D eigenvalue weighted by Gasteiger charge is 2.60. The summed E-state index contributed by atoms with van der Waals surface area (Å²) in [5, 5.41) is 0. The summed E-state index contributed by atoms with van der Waals surface area (Å²) in [6.45, 7) is 6.04. The molecule has 1 fully saturated rings. The zero-order valence-electron chi connectivity index (χ0n) is 18.7. The molecule has 1 aromatic rings. The summed E-state index contributed by atoms with van der Waals surface area (Å²) in [4.78, 5) is 25.2. The van der Waals surface area contributed by atoms with Crippen LogP contribution in [0, 0.1) is 18.8 Å². The van der Waals surface area contributed by atoms with Crippen LogP contribution in [0.3, 0.4) is 0 Å². The molecule has 12 heteroatoms. The van der Waals surface area contributed by atoms with Gasteiger partial charge in [-0.2, -0.15) is 26.3 Å². The molecule has 0 N–H and O–H groups in total. The molecule has 0 radical (unpaired) electrons. The van der Waals surface area contributed by atoms with Crippen molar-refractivity contribution in [3.05, 3.63) is 34.9 Å². The second-order valence-corrected chi connectivity index (χ2v) is 8.25. The minimum Gasteiger partial charge on any atom is -0.449 e. The number of carbonyl (C=O) groups excluding carboxylic acids is 2. The zero-order valence-corrected chi connectivity index (χ0v) is 18.7. The number of aryl methyl sites for hydroxylation is 1. The topological polar surface area (TPSA) is 59.1 Å². The van der Waals surface area contributed by atoms with Gasteiger partial charge in [-0.3, -0.25) is 9.69 Å². The van der Waals surface area contributed by atoms with Crippen LogP contribution < -0.4 is 0 Å². The Labute approximate surface area is 192 Å². The average molecular weight is 494 g/mol. The molecule has 1 aliphatic heterocycles. The Kier molecular flexibility index (Phi) is 8.47. The van der Waals surface area contributed by atoms with Gasteiger partial charge in [-0.1, -0.05) is 24.0 Å². The monoisotopic (exact) mass is 494 g/mol. The molecule has 0 atom stereocenters. The molecule has 0 saturated carbocycles. The third kappa shape index (κ3) is 7.83. The van der Waals surface area contributed by atoms with Gasteiger partial charge in [0.05, 0.1) is 0 Å². The normalized spacial score (nSPS) is 15.5. The van der Waals surface area contributed by atoms with Gasteiger partial charge in [-0.05, 0) is 38.0 Å². The van der Waals surface area contributed by atoms with E-state index in [9.17, 15) is 35.9 Å². The Morgan fingerprint density at radius 3 is 2.21 bits per heavy atom. The van der Waals surface area contributed by atoms with Crippen LogP contribution in [0.15, 0.2) is 18.2 Å². The molecule has 6 nitrogen and oxygen atoms in total. The van der Waals surface area contributed by atoms with E-state index < -0.39 is 30.2 Å². The van der Waals surface area contributed by atoms with Crippen LogP contribution in [0.25, 0.3) is 0 Å². The molecule has 188 valence electrons. The first-order valence-corrected chi connectivity index (χ1v) is 10.2. The maximum Gasteiger partial charge on any atom is 0.434 e. The number of hydrogen-bond acceptors (Lipinski definition) is 5. The Bertz CT molecular complexity index is 927. The number of halogens is 6. The molecule has 1 aliphatic rings. The van der Waals surface area contributed by atoms with Crippen LogP contribution in [-0.2, 0) is 20.8 Å². The van der Waals surface area contributed by atoms with Gasteiger partial charge in [0.15, 0.2) is 5.60 Å². The van der Waals surface area contributed by atoms with E-state index in [1.54, 1.807) is 13.8 Å². The summed E-state index contributed by atoms with van der Waals surface area (Å²) in [6, 6.07) is 5.57. The van der Waals surface area contributed by atoms with Crippen molar-refractivity contribution in [2.45, 2.75) is 51.4 Å². The predicted molar refractivity (Wildman–Crippen MR) is 109 cm³/mol. The second-order valence-electron chi connectivity index (χ2n) is 8.25. The molecular formula is C22H24F6N2O4. The van der Waals surface area contributed by atoms with Crippen LogP contribution in [0.4, 0.5) is 31.1 Å². The fourth-order valence-electron chi connectivity index (χ4n) is 3.14. The SMILES string of the molecule is Cc1ccc(CN2CCN(C(=O)OC(C(F)(F)F)C(F)(F)F)CC2)c(C#CC(C)(C)OC=O)c1. The van der Waals surface area contributed by atoms with Gasteiger partial charge in [0, 0.05) is 38.3 Å². The van der Waals surface area contributed by atoms with Gasteiger partial charge in [-0.15, -0.1) is 0 Å². The first-order valence-electron chi connectivity index (χ1n) is 10.2. The van der Waals surface area contributed by atoms with E-state index in [0.29, 0.717) is 18.6 Å². The number of carbonyl (C=O) groups is 2. The number of rotatable bonds is 5. The fourth-order valence-corrected chi connectivity index (χ4v) is 3.14. The van der Waals surface area contributed by atoms with Crippen LogP contribution in [0.1, 0.15) is 30.5 Å². The molecule has 1 saturated heterocycles. The van der Waals surface area contributed by atoms with Gasteiger partial charge in [-0.25, -0.2) is 4.79 Å². The maximum absolute atomic E-state index is 12.6. The number of hydrogen-bond donors (Lipinski definition) is 0. The largest absolute Gasteiger partial charge is 0.449 e. The van der Waals surface area contributed by atoms with E-state index in [1.165, 1.54) is 0 Å². The summed E-state index contributed by atoms with van der Waals surface area (Å²) in [6.07, 6.45) is -17.4. The summed E-state index contributed by atoms with van der Waals surface area (Å²) in [5.41, 5.74) is 1.45. The molecule has 0 aliphatic carbocycles. The second kappa shape index (κ2) is 10.5.